The number of benzene rings is 1. The largest absolute Gasteiger partial charge is 0.327 e. The summed E-state index contributed by atoms with van der Waals surface area (Å²) in [5, 5.41) is 7.46. The number of urea groups is 1. The lowest BCUT2D eigenvalue weighted by Gasteiger charge is -2.10. The van der Waals surface area contributed by atoms with Gasteiger partial charge in [0.05, 0.1) is 0 Å². The van der Waals surface area contributed by atoms with Gasteiger partial charge in [-0.1, -0.05) is 12.1 Å². The number of imide groups is 1. The first kappa shape index (κ1) is 17.9. The standard InChI is InChI=1S/C14H18N4O3.ClH/c1-8(15)6-12(19)16-10-4-2-9(3-5-10)7-11-13(20)18-14(21)17-11;/h2-5,8,11H,6-7,15H2,1H3,(H,16,19)(H2,17,18,20,21);1H. The predicted octanol–water partition coefficient (Wildman–Crippen LogP) is 0.535. The molecule has 1 heterocycles. The van der Waals surface area contributed by atoms with Crippen LogP contribution in [-0.4, -0.2) is 29.9 Å². The molecule has 1 aliphatic rings. The number of anilines is 1. The second-order valence-corrected chi connectivity index (χ2v) is 5.15. The van der Waals surface area contributed by atoms with Crippen molar-refractivity contribution in [3.05, 3.63) is 29.8 Å². The summed E-state index contributed by atoms with van der Waals surface area (Å²) in [6, 6.07) is 5.92. The average Bonchev–Trinajstić information content (AvgIpc) is 2.69. The zero-order valence-electron chi connectivity index (χ0n) is 12.1. The van der Waals surface area contributed by atoms with Gasteiger partial charge in [0.25, 0.3) is 5.91 Å². The number of carbonyl (C=O) groups is 3. The highest BCUT2D eigenvalue weighted by Gasteiger charge is 2.29. The van der Waals surface area contributed by atoms with E-state index in [9.17, 15) is 14.4 Å². The van der Waals surface area contributed by atoms with Crippen LogP contribution in [0.25, 0.3) is 0 Å². The Balaban J connectivity index is 0.00000242. The van der Waals surface area contributed by atoms with E-state index >= 15 is 0 Å². The molecule has 1 aliphatic heterocycles. The molecular formula is C14H19ClN4O3. The Hall–Kier alpha value is -2.12. The molecule has 8 heteroatoms. The van der Waals surface area contributed by atoms with Gasteiger partial charge in [0.2, 0.25) is 5.91 Å². The third-order valence-electron chi connectivity index (χ3n) is 3.04. The molecule has 1 aromatic rings. The lowest BCUT2D eigenvalue weighted by molar-refractivity contribution is -0.120. The number of amides is 4. The van der Waals surface area contributed by atoms with Crippen LogP contribution in [0.2, 0.25) is 0 Å². The van der Waals surface area contributed by atoms with Crippen LogP contribution in [0.5, 0.6) is 0 Å². The molecule has 22 heavy (non-hydrogen) atoms. The van der Waals surface area contributed by atoms with E-state index < -0.39 is 12.1 Å². The molecule has 4 amide bonds. The molecule has 0 aliphatic carbocycles. The van der Waals surface area contributed by atoms with Crippen LogP contribution in [0.1, 0.15) is 18.9 Å². The van der Waals surface area contributed by atoms with Gasteiger partial charge in [-0.25, -0.2) is 4.79 Å². The molecule has 1 aromatic carbocycles. The highest BCUT2D eigenvalue weighted by molar-refractivity contribution is 6.04. The number of rotatable bonds is 5. The second-order valence-electron chi connectivity index (χ2n) is 5.15. The smallest absolute Gasteiger partial charge is 0.322 e. The fourth-order valence-electron chi connectivity index (χ4n) is 2.07. The Morgan fingerprint density at radius 3 is 2.45 bits per heavy atom. The molecule has 0 bridgehead atoms. The van der Waals surface area contributed by atoms with Crippen LogP contribution in [-0.2, 0) is 16.0 Å². The third-order valence-corrected chi connectivity index (χ3v) is 3.04. The second kappa shape index (κ2) is 7.77. The summed E-state index contributed by atoms with van der Waals surface area (Å²) in [5.41, 5.74) is 7.12. The molecule has 2 unspecified atom stereocenters. The molecule has 1 saturated heterocycles. The molecule has 0 spiro atoms. The topological polar surface area (TPSA) is 113 Å². The van der Waals surface area contributed by atoms with Crippen LogP contribution in [0.15, 0.2) is 24.3 Å². The van der Waals surface area contributed by atoms with Crippen LogP contribution in [0.3, 0.4) is 0 Å². The van der Waals surface area contributed by atoms with Gasteiger partial charge in [-0.05, 0) is 24.6 Å². The molecular weight excluding hydrogens is 308 g/mol. The third kappa shape index (κ3) is 5.01. The lowest BCUT2D eigenvalue weighted by Crippen LogP contribution is -2.31. The highest BCUT2D eigenvalue weighted by atomic mass is 35.5. The summed E-state index contributed by atoms with van der Waals surface area (Å²) in [7, 11) is 0. The summed E-state index contributed by atoms with van der Waals surface area (Å²) in [6.07, 6.45) is 0.668. The first-order chi connectivity index (χ1) is 9.94. The van der Waals surface area contributed by atoms with Crippen molar-refractivity contribution in [3.63, 3.8) is 0 Å². The van der Waals surface area contributed by atoms with Gasteiger partial charge in [0.1, 0.15) is 6.04 Å². The normalized spacial score (nSPS) is 18.0. The van der Waals surface area contributed by atoms with E-state index in [1.807, 2.05) is 0 Å². The van der Waals surface area contributed by atoms with Gasteiger partial charge in [-0.2, -0.15) is 0 Å². The number of hydrogen-bond acceptors (Lipinski definition) is 4. The van der Waals surface area contributed by atoms with Crippen molar-refractivity contribution in [3.8, 4) is 0 Å². The molecule has 0 radical (unpaired) electrons. The molecule has 120 valence electrons. The number of carbonyl (C=O) groups excluding carboxylic acids is 3. The SMILES string of the molecule is CC(N)CC(=O)Nc1ccc(CC2NC(=O)NC2=O)cc1.Cl. The van der Waals surface area contributed by atoms with Gasteiger partial charge in [-0.3, -0.25) is 14.9 Å². The van der Waals surface area contributed by atoms with E-state index in [0.717, 1.165) is 5.56 Å². The minimum atomic E-state index is -0.545. The Morgan fingerprint density at radius 2 is 1.95 bits per heavy atom. The van der Waals surface area contributed by atoms with Crippen molar-refractivity contribution in [1.82, 2.24) is 10.6 Å². The van der Waals surface area contributed by atoms with Crippen LogP contribution in [0.4, 0.5) is 10.5 Å². The Bertz CT molecular complexity index is 560. The maximum atomic E-state index is 11.6. The zero-order chi connectivity index (χ0) is 15.4. The molecule has 0 aromatic heterocycles. The van der Waals surface area contributed by atoms with Crippen molar-refractivity contribution in [2.45, 2.75) is 31.8 Å². The number of hydrogen-bond donors (Lipinski definition) is 4. The minimum Gasteiger partial charge on any atom is -0.327 e. The van der Waals surface area contributed by atoms with E-state index in [0.29, 0.717) is 12.1 Å². The Kier molecular flexibility index (Phi) is 6.33. The summed E-state index contributed by atoms with van der Waals surface area (Å²) in [6.45, 7) is 1.77. The molecule has 0 saturated carbocycles. The van der Waals surface area contributed by atoms with Crippen LogP contribution < -0.4 is 21.7 Å². The van der Waals surface area contributed by atoms with E-state index in [-0.39, 0.29) is 36.7 Å². The Labute approximate surface area is 134 Å². The molecule has 7 nitrogen and oxygen atoms in total. The van der Waals surface area contributed by atoms with Crippen LogP contribution in [0, 0.1) is 0 Å². The van der Waals surface area contributed by atoms with Crippen LogP contribution >= 0.6 is 12.4 Å². The maximum Gasteiger partial charge on any atom is 0.322 e. The van der Waals surface area contributed by atoms with E-state index in [2.05, 4.69) is 16.0 Å². The van der Waals surface area contributed by atoms with Gasteiger partial charge in [0.15, 0.2) is 0 Å². The van der Waals surface area contributed by atoms with Gasteiger partial charge in [-0.15, -0.1) is 12.4 Å². The quantitative estimate of drug-likeness (QED) is 0.591. The fourth-order valence-corrected chi connectivity index (χ4v) is 2.07. The van der Waals surface area contributed by atoms with Gasteiger partial charge in [0, 0.05) is 24.6 Å². The average molecular weight is 327 g/mol. The van der Waals surface area contributed by atoms with Crippen molar-refractivity contribution in [2.24, 2.45) is 5.73 Å². The summed E-state index contributed by atoms with van der Waals surface area (Å²) >= 11 is 0. The fraction of sp³-hybridized carbons (Fsp3) is 0.357. The maximum absolute atomic E-state index is 11.6. The van der Waals surface area contributed by atoms with E-state index in [1.165, 1.54) is 0 Å². The van der Waals surface area contributed by atoms with Crippen molar-refractivity contribution >= 4 is 35.9 Å². The van der Waals surface area contributed by atoms with Gasteiger partial charge < -0.3 is 16.4 Å². The summed E-state index contributed by atoms with van der Waals surface area (Å²) in [4.78, 5) is 34.0. The first-order valence-electron chi connectivity index (χ1n) is 6.70. The molecule has 1 fully saturated rings. The van der Waals surface area contributed by atoms with Crippen molar-refractivity contribution < 1.29 is 14.4 Å². The highest BCUT2D eigenvalue weighted by Crippen LogP contribution is 2.12. The van der Waals surface area contributed by atoms with E-state index in [4.69, 9.17) is 5.73 Å². The molecule has 5 N–H and O–H groups in total. The first-order valence-corrected chi connectivity index (χ1v) is 6.70. The number of nitrogens with two attached hydrogens (primary N) is 1. The predicted molar refractivity (Wildman–Crippen MR) is 84.8 cm³/mol. The molecule has 2 atom stereocenters. The van der Waals surface area contributed by atoms with E-state index in [1.54, 1.807) is 31.2 Å². The molecule has 2 rings (SSSR count). The summed E-state index contributed by atoms with van der Waals surface area (Å²) in [5.74, 6) is -0.463. The minimum absolute atomic E-state index is 0. The monoisotopic (exact) mass is 326 g/mol. The Morgan fingerprint density at radius 1 is 1.32 bits per heavy atom. The van der Waals surface area contributed by atoms with Crippen molar-refractivity contribution in [1.29, 1.82) is 0 Å². The summed E-state index contributed by atoms with van der Waals surface area (Å²) < 4.78 is 0. The van der Waals surface area contributed by atoms with Crippen molar-refractivity contribution in [2.75, 3.05) is 5.32 Å². The van der Waals surface area contributed by atoms with Gasteiger partial charge >= 0.3 is 6.03 Å². The lowest BCUT2D eigenvalue weighted by atomic mass is 10.1. The zero-order valence-corrected chi connectivity index (χ0v) is 12.9. The number of nitrogens with one attached hydrogen (secondary N) is 3. The number of halogens is 1.